The Labute approximate surface area is 121 Å². The van der Waals surface area contributed by atoms with Gasteiger partial charge in [-0.25, -0.2) is 4.39 Å². The molecule has 1 N–H and O–H groups in total. The second-order valence-electron chi connectivity index (χ2n) is 4.65. The van der Waals surface area contributed by atoms with Crippen LogP contribution in [0.2, 0.25) is 0 Å². The number of para-hydroxylation sites is 1. The van der Waals surface area contributed by atoms with Crippen LogP contribution in [0.15, 0.2) is 54.7 Å². The second-order valence-corrected chi connectivity index (χ2v) is 4.65. The van der Waals surface area contributed by atoms with Gasteiger partial charge >= 0.3 is 0 Å². The van der Waals surface area contributed by atoms with Crippen LogP contribution in [0.1, 0.15) is 11.1 Å². The van der Waals surface area contributed by atoms with Gasteiger partial charge in [0.15, 0.2) is 0 Å². The fourth-order valence-corrected chi connectivity index (χ4v) is 2.23. The summed E-state index contributed by atoms with van der Waals surface area (Å²) >= 11 is 0. The van der Waals surface area contributed by atoms with Crippen molar-refractivity contribution >= 4 is 16.6 Å². The van der Waals surface area contributed by atoms with Crippen LogP contribution in [-0.2, 0) is 6.54 Å². The maximum absolute atomic E-state index is 13.8. The number of benzene rings is 2. The van der Waals surface area contributed by atoms with Crippen molar-refractivity contribution in [2.75, 3.05) is 5.32 Å². The summed E-state index contributed by atoms with van der Waals surface area (Å²) in [6.45, 7) is 0.469. The molecule has 0 unspecified atom stereocenters. The number of nitriles is 1. The zero-order valence-corrected chi connectivity index (χ0v) is 11.2. The lowest BCUT2D eigenvalue weighted by Gasteiger charge is -2.09. The third kappa shape index (κ3) is 2.67. The number of hydrogen-bond donors (Lipinski definition) is 1. The third-order valence-electron chi connectivity index (χ3n) is 3.28. The highest BCUT2D eigenvalue weighted by molar-refractivity contribution is 5.81. The lowest BCUT2D eigenvalue weighted by atomic mass is 10.1. The number of halogens is 1. The molecule has 21 heavy (non-hydrogen) atoms. The van der Waals surface area contributed by atoms with Gasteiger partial charge in [-0.2, -0.15) is 5.26 Å². The van der Waals surface area contributed by atoms with Crippen molar-refractivity contribution in [2.24, 2.45) is 0 Å². The van der Waals surface area contributed by atoms with Gasteiger partial charge in [0.25, 0.3) is 0 Å². The molecule has 102 valence electrons. The van der Waals surface area contributed by atoms with Gasteiger partial charge in [-0.05, 0) is 29.8 Å². The van der Waals surface area contributed by atoms with Crippen molar-refractivity contribution in [3.8, 4) is 6.07 Å². The standard InChI is InChI=1S/C17H12FN3/c18-15-9-12(10-19)6-7-16(15)21-11-14-4-1-3-13-5-2-8-20-17(13)14/h1-9,21H,11H2. The van der Waals surface area contributed by atoms with Gasteiger partial charge in [0.1, 0.15) is 5.82 Å². The smallest absolute Gasteiger partial charge is 0.147 e. The van der Waals surface area contributed by atoms with Crippen molar-refractivity contribution < 1.29 is 4.39 Å². The van der Waals surface area contributed by atoms with Crippen molar-refractivity contribution in [2.45, 2.75) is 6.54 Å². The number of nitrogens with zero attached hydrogens (tertiary/aromatic N) is 2. The third-order valence-corrected chi connectivity index (χ3v) is 3.28. The van der Waals surface area contributed by atoms with Gasteiger partial charge in [0.05, 0.1) is 22.8 Å². The van der Waals surface area contributed by atoms with Crippen LogP contribution in [0.4, 0.5) is 10.1 Å². The SMILES string of the molecule is N#Cc1ccc(NCc2cccc3cccnc23)c(F)c1. The number of aromatic nitrogens is 1. The molecule has 0 amide bonds. The van der Waals surface area contributed by atoms with E-state index in [2.05, 4.69) is 10.3 Å². The highest BCUT2D eigenvalue weighted by Crippen LogP contribution is 2.19. The fraction of sp³-hybridized carbons (Fsp3) is 0.0588. The molecule has 2 aromatic carbocycles. The summed E-state index contributed by atoms with van der Waals surface area (Å²) in [5.41, 5.74) is 2.59. The van der Waals surface area contributed by atoms with E-state index in [4.69, 9.17) is 5.26 Å². The number of nitrogens with one attached hydrogen (secondary N) is 1. The minimum absolute atomic E-state index is 0.310. The maximum Gasteiger partial charge on any atom is 0.147 e. The fourth-order valence-electron chi connectivity index (χ4n) is 2.23. The first-order chi connectivity index (χ1) is 10.3. The lowest BCUT2D eigenvalue weighted by Crippen LogP contribution is -2.02. The molecule has 3 rings (SSSR count). The minimum atomic E-state index is -0.428. The summed E-state index contributed by atoms with van der Waals surface area (Å²) in [6, 6.07) is 16.1. The van der Waals surface area contributed by atoms with E-state index in [9.17, 15) is 4.39 Å². The van der Waals surface area contributed by atoms with Crippen molar-refractivity contribution in [1.29, 1.82) is 5.26 Å². The normalized spacial score (nSPS) is 10.3. The van der Waals surface area contributed by atoms with Crippen LogP contribution >= 0.6 is 0 Å². The summed E-state index contributed by atoms with van der Waals surface area (Å²) in [5, 5.41) is 12.8. The molecule has 0 saturated heterocycles. The average molecular weight is 277 g/mol. The highest BCUT2D eigenvalue weighted by Gasteiger charge is 2.05. The van der Waals surface area contributed by atoms with Gasteiger partial charge in [0, 0.05) is 18.1 Å². The van der Waals surface area contributed by atoms with Gasteiger partial charge in [-0.1, -0.05) is 24.3 Å². The topological polar surface area (TPSA) is 48.7 Å². The van der Waals surface area contributed by atoms with E-state index < -0.39 is 5.82 Å². The predicted molar refractivity (Wildman–Crippen MR) is 80.2 cm³/mol. The van der Waals surface area contributed by atoms with Crippen LogP contribution in [0, 0.1) is 17.1 Å². The van der Waals surface area contributed by atoms with E-state index in [1.165, 1.54) is 6.07 Å². The minimum Gasteiger partial charge on any atom is -0.379 e. The average Bonchev–Trinajstić information content (AvgIpc) is 2.53. The number of fused-ring (bicyclic) bond motifs is 1. The number of anilines is 1. The Kier molecular flexibility index (Phi) is 3.48. The molecule has 3 nitrogen and oxygen atoms in total. The van der Waals surface area contributed by atoms with E-state index in [0.29, 0.717) is 17.8 Å². The Morgan fingerprint density at radius 2 is 2.00 bits per heavy atom. The predicted octanol–water partition coefficient (Wildman–Crippen LogP) is 3.86. The van der Waals surface area contributed by atoms with Crippen LogP contribution < -0.4 is 5.32 Å². The summed E-state index contributed by atoms with van der Waals surface area (Å²) in [6.07, 6.45) is 1.74. The molecule has 0 fully saturated rings. The van der Waals surface area contributed by atoms with Crippen molar-refractivity contribution in [3.63, 3.8) is 0 Å². The van der Waals surface area contributed by atoms with Gasteiger partial charge < -0.3 is 5.32 Å². The summed E-state index contributed by atoms with van der Waals surface area (Å²) < 4.78 is 13.8. The number of hydrogen-bond acceptors (Lipinski definition) is 3. The maximum atomic E-state index is 13.8. The number of rotatable bonds is 3. The molecule has 4 heteroatoms. The molecule has 1 heterocycles. The van der Waals surface area contributed by atoms with Crippen LogP contribution in [0.25, 0.3) is 10.9 Å². The van der Waals surface area contributed by atoms with E-state index >= 15 is 0 Å². The molecule has 3 aromatic rings. The molecule has 0 aliphatic carbocycles. The molecule has 0 aliphatic rings. The quantitative estimate of drug-likeness (QED) is 0.791. The molecule has 0 atom stereocenters. The highest BCUT2D eigenvalue weighted by atomic mass is 19.1. The molecule has 0 radical (unpaired) electrons. The Morgan fingerprint density at radius 1 is 1.14 bits per heavy atom. The van der Waals surface area contributed by atoms with Crippen LogP contribution in [0.5, 0.6) is 0 Å². The first kappa shape index (κ1) is 13.1. The Balaban J connectivity index is 1.86. The van der Waals surface area contributed by atoms with E-state index in [0.717, 1.165) is 16.5 Å². The Morgan fingerprint density at radius 3 is 2.81 bits per heavy atom. The largest absolute Gasteiger partial charge is 0.379 e. The van der Waals surface area contributed by atoms with Gasteiger partial charge in [-0.15, -0.1) is 0 Å². The Hall–Kier alpha value is -2.93. The summed E-state index contributed by atoms with van der Waals surface area (Å²) in [7, 11) is 0. The summed E-state index contributed by atoms with van der Waals surface area (Å²) in [5.74, 6) is -0.428. The molecule has 0 aliphatic heterocycles. The number of pyridine rings is 1. The lowest BCUT2D eigenvalue weighted by molar-refractivity contribution is 0.629. The van der Waals surface area contributed by atoms with E-state index in [-0.39, 0.29) is 0 Å². The van der Waals surface area contributed by atoms with Gasteiger partial charge in [0.2, 0.25) is 0 Å². The molecular weight excluding hydrogens is 265 g/mol. The monoisotopic (exact) mass is 277 g/mol. The van der Waals surface area contributed by atoms with Gasteiger partial charge in [-0.3, -0.25) is 4.98 Å². The molecule has 0 saturated carbocycles. The zero-order valence-electron chi connectivity index (χ0n) is 11.2. The zero-order chi connectivity index (χ0) is 14.7. The van der Waals surface area contributed by atoms with Crippen LogP contribution in [-0.4, -0.2) is 4.98 Å². The molecule has 0 spiro atoms. The summed E-state index contributed by atoms with van der Waals surface area (Å²) in [4.78, 5) is 4.37. The first-order valence-corrected chi connectivity index (χ1v) is 6.54. The Bertz CT molecular complexity index is 832. The van der Waals surface area contributed by atoms with E-state index in [1.807, 2.05) is 36.4 Å². The second kappa shape index (κ2) is 5.59. The molecular formula is C17H12FN3. The van der Waals surface area contributed by atoms with Crippen LogP contribution in [0.3, 0.4) is 0 Å². The molecule has 0 bridgehead atoms. The first-order valence-electron chi connectivity index (χ1n) is 6.54. The molecule has 1 aromatic heterocycles. The van der Waals surface area contributed by atoms with Crippen molar-refractivity contribution in [3.05, 3.63) is 71.7 Å². The van der Waals surface area contributed by atoms with E-state index in [1.54, 1.807) is 18.3 Å². The van der Waals surface area contributed by atoms with Crippen molar-refractivity contribution in [1.82, 2.24) is 4.98 Å².